The van der Waals surface area contributed by atoms with Crippen LogP contribution in [0.25, 0.3) is 0 Å². The van der Waals surface area contributed by atoms with Crippen LogP contribution in [-0.4, -0.2) is 11.0 Å². The van der Waals surface area contributed by atoms with E-state index in [9.17, 15) is 0 Å². The van der Waals surface area contributed by atoms with E-state index in [1.165, 1.54) is 18.4 Å². The lowest BCUT2D eigenvalue weighted by molar-refractivity contribution is 0.531. The summed E-state index contributed by atoms with van der Waals surface area (Å²) in [5.41, 5.74) is 7.10. The SMILES string of the molecule is CCC(CCC(C)N)c1cccnc1. The van der Waals surface area contributed by atoms with Crippen molar-refractivity contribution in [1.82, 2.24) is 4.98 Å². The summed E-state index contributed by atoms with van der Waals surface area (Å²) in [6.07, 6.45) is 7.21. The number of hydrogen-bond donors (Lipinski definition) is 1. The van der Waals surface area contributed by atoms with E-state index < -0.39 is 0 Å². The highest BCUT2D eigenvalue weighted by Crippen LogP contribution is 2.23. The Balaban J connectivity index is 2.54. The number of nitrogens with two attached hydrogens (primary N) is 1. The van der Waals surface area contributed by atoms with E-state index in [0.717, 1.165) is 6.42 Å². The molecule has 0 saturated heterocycles. The first-order valence-electron chi connectivity index (χ1n) is 5.39. The molecule has 1 aromatic heterocycles. The molecule has 0 amide bonds. The van der Waals surface area contributed by atoms with Crippen molar-refractivity contribution in [2.75, 3.05) is 0 Å². The fourth-order valence-electron chi connectivity index (χ4n) is 1.69. The van der Waals surface area contributed by atoms with Gasteiger partial charge in [0.15, 0.2) is 0 Å². The van der Waals surface area contributed by atoms with Crippen LogP contribution >= 0.6 is 0 Å². The maximum Gasteiger partial charge on any atom is 0.0302 e. The third-order valence-electron chi connectivity index (χ3n) is 2.62. The zero-order valence-electron chi connectivity index (χ0n) is 9.11. The van der Waals surface area contributed by atoms with Crippen molar-refractivity contribution in [3.05, 3.63) is 30.1 Å². The number of rotatable bonds is 5. The molecule has 2 nitrogen and oxygen atoms in total. The van der Waals surface area contributed by atoms with Crippen molar-refractivity contribution in [2.24, 2.45) is 5.73 Å². The Morgan fingerprint density at radius 2 is 2.21 bits per heavy atom. The van der Waals surface area contributed by atoms with Gasteiger partial charge in [0.2, 0.25) is 0 Å². The smallest absolute Gasteiger partial charge is 0.0302 e. The first-order valence-corrected chi connectivity index (χ1v) is 5.39. The van der Waals surface area contributed by atoms with E-state index in [0.29, 0.717) is 12.0 Å². The summed E-state index contributed by atoms with van der Waals surface area (Å²) in [6.45, 7) is 4.29. The fraction of sp³-hybridized carbons (Fsp3) is 0.583. The number of nitrogens with zero attached hydrogens (tertiary/aromatic N) is 1. The second-order valence-electron chi connectivity index (χ2n) is 3.95. The summed E-state index contributed by atoms with van der Waals surface area (Å²) in [5.74, 6) is 0.620. The summed E-state index contributed by atoms with van der Waals surface area (Å²) >= 11 is 0. The van der Waals surface area contributed by atoms with Gasteiger partial charge in [-0.1, -0.05) is 13.0 Å². The summed E-state index contributed by atoms with van der Waals surface area (Å²) in [5, 5.41) is 0. The molecular formula is C12H20N2. The first-order chi connectivity index (χ1) is 6.74. The van der Waals surface area contributed by atoms with Crippen LogP contribution in [0.5, 0.6) is 0 Å². The summed E-state index contributed by atoms with van der Waals surface area (Å²) in [4.78, 5) is 4.15. The lowest BCUT2D eigenvalue weighted by atomic mass is 9.92. The van der Waals surface area contributed by atoms with Gasteiger partial charge in [0.25, 0.3) is 0 Å². The summed E-state index contributed by atoms with van der Waals surface area (Å²) in [6, 6.07) is 4.47. The molecule has 0 spiro atoms. The van der Waals surface area contributed by atoms with Crippen molar-refractivity contribution in [3.8, 4) is 0 Å². The van der Waals surface area contributed by atoms with E-state index >= 15 is 0 Å². The predicted octanol–water partition coefficient (Wildman–Crippen LogP) is 2.70. The van der Waals surface area contributed by atoms with Gasteiger partial charge in [-0.25, -0.2) is 0 Å². The van der Waals surface area contributed by atoms with Gasteiger partial charge in [-0.3, -0.25) is 4.98 Å². The van der Waals surface area contributed by atoms with Gasteiger partial charge in [0.05, 0.1) is 0 Å². The molecule has 0 radical (unpaired) electrons. The highest BCUT2D eigenvalue weighted by atomic mass is 14.6. The quantitative estimate of drug-likeness (QED) is 0.779. The summed E-state index contributed by atoms with van der Waals surface area (Å²) < 4.78 is 0. The zero-order chi connectivity index (χ0) is 10.4. The first kappa shape index (κ1) is 11.2. The Kier molecular flexibility index (Phi) is 4.60. The van der Waals surface area contributed by atoms with Gasteiger partial charge >= 0.3 is 0 Å². The predicted molar refractivity (Wildman–Crippen MR) is 60.2 cm³/mol. The normalized spacial score (nSPS) is 15.1. The Bertz CT molecular complexity index is 244. The molecule has 1 aromatic rings. The maximum absolute atomic E-state index is 5.76. The highest BCUT2D eigenvalue weighted by molar-refractivity contribution is 5.14. The molecule has 1 heterocycles. The zero-order valence-corrected chi connectivity index (χ0v) is 9.11. The van der Waals surface area contributed by atoms with Crippen LogP contribution in [0.3, 0.4) is 0 Å². The van der Waals surface area contributed by atoms with Crippen molar-refractivity contribution in [3.63, 3.8) is 0 Å². The Morgan fingerprint density at radius 1 is 1.43 bits per heavy atom. The second kappa shape index (κ2) is 5.76. The lowest BCUT2D eigenvalue weighted by Gasteiger charge is -2.15. The number of aromatic nitrogens is 1. The maximum atomic E-state index is 5.76. The highest BCUT2D eigenvalue weighted by Gasteiger charge is 2.09. The van der Waals surface area contributed by atoms with Crippen LogP contribution in [0.4, 0.5) is 0 Å². The van der Waals surface area contributed by atoms with Gasteiger partial charge in [-0.15, -0.1) is 0 Å². The minimum Gasteiger partial charge on any atom is -0.328 e. The largest absolute Gasteiger partial charge is 0.328 e. The van der Waals surface area contributed by atoms with E-state index in [1.807, 2.05) is 18.5 Å². The van der Waals surface area contributed by atoms with Crippen LogP contribution in [0.2, 0.25) is 0 Å². The molecule has 2 atom stereocenters. The molecule has 0 fully saturated rings. The molecule has 2 unspecified atom stereocenters. The molecule has 0 aliphatic heterocycles. The van der Waals surface area contributed by atoms with Crippen LogP contribution in [0.15, 0.2) is 24.5 Å². The molecule has 78 valence electrons. The molecule has 0 bridgehead atoms. The van der Waals surface area contributed by atoms with Gasteiger partial charge in [0, 0.05) is 18.4 Å². The Labute approximate surface area is 86.5 Å². The minimum absolute atomic E-state index is 0.306. The van der Waals surface area contributed by atoms with Crippen LogP contribution in [0, 0.1) is 0 Å². The fourth-order valence-corrected chi connectivity index (χ4v) is 1.69. The molecule has 1 rings (SSSR count). The van der Waals surface area contributed by atoms with Crippen molar-refractivity contribution < 1.29 is 0 Å². The van der Waals surface area contributed by atoms with E-state index in [-0.39, 0.29) is 0 Å². The average molecular weight is 192 g/mol. The van der Waals surface area contributed by atoms with Crippen molar-refractivity contribution >= 4 is 0 Å². The lowest BCUT2D eigenvalue weighted by Crippen LogP contribution is -2.15. The Morgan fingerprint density at radius 3 is 2.71 bits per heavy atom. The van der Waals surface area contributed by atoms with Gasteiger partial charge in [0.1, 0.15) is 0 Å². The van der Waals surface area contributed by atoms with Crippen molar-refractivity contribution in [2.45, 2.75) is 45.1 Å². The topological polar surface area (TPSA) is 38.9 Å². The van der Waals surface area contributed by atoms with E-state index in [4.69, 9.17) is 5.73 Å². The molecular weight excluding hydrogens is 172 g/mol. The molecule has 2 heteroatoms. The molecule has 0 aliphatic carbocycles. The van der Waals surface area contributed by atoms with E-state index in [1.54, 1.807) is 0 Å². The van der Waals surface area contributed by atoms with Gasteiger partial charge in [-0.2, -0.15) is 0 Å². The monoisotopic (exact) mass is 192 g/mol. The minimum atomic E-state index is 0.306. The molecule has 0 aliphatic rings. The average Bonchev–Trinajstić information content (AvgIpc) is 2.20. The third kappa shape index (κ3) is 3.46. The molecule has 2 N–H and O–H groups in total. The van der Waals surface area contributed by atoms with Crippen LogP contribution in [-0.2, 0) is 0 Å². The van der Waals surface area contributed by atoms with Crippen molar-refractivity contribution in [1.29, 1.82) is 0 Å². The third-order valence-corrected chi connectivity index (χ3v) is 2.62. The van der Waals surface area contributed by atoms with Crippen LogP contribution < -0.4 is 5.73 Å². The second-order valence-corrected chi connectivity index (χ2v) is 3.95. The number of pyridine rings is 1. The summed E-state index contributed by atoms with van der Waals surface area (Å²) in [7, 11) is 0. The molecule has 14 heavy (non-hydrogen) atoms. The Hall–Kier alpha value is -0.890. The van der Waals surface area contributed by atoms with Gasteiger partial charge < -0.3 is 5.73 Å². The van der Waals surface area contributed by atoms with Crippen LogP contribution in [0.1, 0.15) is 44.6 Å². The van der Waals surface area contributed by atoms with E-state index in [2.05, 4.69) is 24.9 Å². The number of hydrogen-bond acceptors (Lipinski definition) is 2. The standard InChI is InChI=1S/C12H20N2/c1-3-11(7-6-10(2)13)12-5-4-8-14-9-12/h4-5,8-11H,3,6-7,13H2,1-2H3. The molecule has 0 aromatic carbocycles. The van der Waals surface area contributed by atoms with Gasteiger partial charge in [-0.05, 0) is 43.7 Å². The molecule has 0 saturated carbocycles.